The number of carbonyl (C=O) groups excluding carboxylic acids is 1. The molecule has 0 aliphatic heterocycles. The number of fused-ring (bicyclic) bond motifs is 1. The summed E-state index contributed by atoms with van der Waals surface area (Å²) in [6, 6.07) is 4.97. The standard InChI is InChI=1S/C19H22N2O3/c1-5-9-21(10-6-2)12-16-13(3)20-17-8-7-14(19(23)24-4)11-15(17)18(16)22/h5-8,11H,1-2,9-10,12H2,3-4H3,(H,20,22)/p+1. The Kier molecular flexibility index (Phi) is 5.71. The fraction of sp³-hybridized carbons (Fsp3) is 0.263. The number of ether oxygens (including phenoxy) is 1. The quantitative estimate of drug-likeness (QED) is 0.596. The second-order valence-corrected chi connectivity index (χ2v) is 5.72. The number of benzene rings is 1. The highest BCUT2D eigenvalue weighted by Gasteiger charge is 2.16. The Labute approximate surface area is 141 Å². The molecule has 2 N–H and O–H groups in total. The Hall–Kier alpha value is -2.66. The fourth-order valence-electron chi connectivity index (χ4n) is 2.80. The maximum atomic E-state index is 12.9. The van der Waals surface area contributed by atoms with Crippen molar-refractivity contribution in [2.45, 2.75) is 13.5 Å². The molecule has 0 bridgehead atoms. The molecule has 0 amide bonds. The van der Waals surface area contributed by atoms with Gasteiger partial charge in [-0.3, -0.25) is 4.79 Å². The summed E-state index contributed by atoms with van der Waals surface area (Å²) in [5.74, 6) is -0.455. The molecule has 2 aromatic rings. The van der Waals surface area contributed by atoms with Crippen molar-refractivity contribution in [2.24, 2.45) is 0 Å². The van der Waals surface area contributed by atoms with E-state index < -0.39 is 5.97 Å². The Bertz CT molecular complexity index is 826. The van der Waals surface area contributed by atoms with Gasteiger partial charge in [-0.1, -0.05) is 13.2 Å². The molecule has 24 heavy (non-hydrogen) atoms. The number of nitrogens with one attached hydrogen (secondary N) is 2. The van der Waals surface area contributed by atoms with E-state index in [0.29, 0.717) is 28.6 Å². The van der Waals surface area contributed by atoms with Gasteiger partial charge in [-0.05, 0) is 37.3 Å². The van der Waals surface area contributed by atoms with Gasteiger partial charge >= 0.3 is 5.97 Å². The molecule has 2 rings (SSSR count). The van der Waals surface area contributed by atoms with Crippen LogP contribution in [0, 0.1) is 6.92 Å². The number of rotatable bonds is 7. The zero-order valence-corrected chi connectivity index (χ0v) is 14.1. The number of carbonyl (C=O) groups is 1. The van der Waals surface area contributed by atoms with Crippen LogP contribution in [0.15, 0.2) is 48.3 Å². The SMILES string of the molecule is C=CC[NH+](CC=C)Cc1c(C)[nH]c2ccc(C(=O)OC)cc2c1=O. The van der Waals surface area contributed by atoms with Gasteiger partial charge in [-0.25, -0.2) is 4.79 Å². The minimum Gasteiger partial charge on any atom is -0.465 e. The Morgan fingerprint density at radius 1 is 1.29 bits per heavy atom. The first-order valence-electron chi connectivity index (χ1n) is 7.81. The van der Waals surface area contributed by atoms with E-state index in [9.17, 15) is 9.59 Å². The van der Waals surface area contributed by atoms with Crippen molar-refractivity contribution in [1.29, 1.82) is 0 Å². The first kappa shape index (κ1) is 17.7. The van der Waals surface area contributed by atoms with Gasteiger partial charge in [-0.2, -0.15) is 0 Å². The minimum atomic E-state index is -0.455. The molecular formula is C19H23N2O3+. The smallest absolute Gasteiger partial charge is 0.337 e. The second kappa shape index (κ2) is 7.75. The molecule has 0 radical (unpaired) electrons. The summed E-state index contributed by atoms with van der Waals surface area (Å²) in [6.07, 6.45) is 3.66. The van der Waals surface area contributed by atoms with E-state index in [4.69, 9.17) is 4.74 Å². The summed E-state index contributed by atoms with van der Waals surface area (Å²) in [6.45, 7) is 11.5. The van der Waals surface area contributed by atoms with Crippen LogP contribution < -0.4 is 10.3 Å². The lowest BCUT2D eigenvalue weighted by molar-refractivity contribution is -0.902. The number of esters is 1. The molecular weight excluding hydrogens is 304 g/mol. The number of pyridine rings is 1. The van der Waals surface area contributed by atoms with E-state index in [-0.39, 0.29) is 5.43 Å². The van der Waals surface area contributed by atoms with Crippen LogP contribution in [0.2, 0.25) is 0 Å². The van der Waals surface area contributed by atoms with Gasteiger partial charge in [0.05, 0.1) is 31.3 Å². The Balaban J connectivity index is 2.53. The Morgan fingerprint density at radius 2 is 1.96 bits per heavy atom. The largest absolute Gasteiger partial charge is 0.465 e. The maximum Gasteiger partial charge on any atom is 0.337 e. The van der Waals surface area contributed by atoms with Crippen molar-refractivity contribution in [3.05, 3.63) is 70.6 Å². The molecule has 0 saturated carbocycles. The highest BCUT2D eigenvalue weighted by Crippen LogP contribution is 2.14. The van der Waals surface area contributed by atoms with E-state index in [1.165, 1.54) is 12.0 Å². The average molecular weight is 327 g/mol. The van der Waals surface area contributed by atoms with E-state index in [1.54, 1.807) is 18.2 Å². The van der Waals surface area contributed by atoms with Crippen molar-refractivity contribution in [3.8, 4) is 0 Å². The highest BCUT2D eigenvalue weighted by atomic mass is 16.5. The van der Waals surface area contributed by atoms with Crippen LogP contribution in [0.1, 0.15) is 21.6 Å². The molecule has 0 atom stereocenters. The van der Waals surface area contributed by atoms with E-state index in [0.717, 1.165) is 18.8 Å². The van der Waals surface area contributed by atoms with Crippen LogP contribution in [0.5, 0.6) is 0 Å². The van der Waals surface area contributed by atoms with Crippen LogP contribution in [-0.4, -0.2) is 31.2 Å². The normalized spacial score (nSPS) is 10.8. The van der Waals surface area contributed by atoms with E-state index in [2.05, 4.69) is 18.1 Å². The third kappa shape index (κ3) is 3.63. The van der Waals surface area contributed by atoms with E-state index in [1.807, 2.05) is 19.1 Å². The molecule has 0 spiro atoms. The summed E-state index contributed by atoms with van der Waals surface area (Å²) in [7, 11) is 1.32. The monoisotopic (exact) mass is 327 g/mol. The topological polar surface area (TPSA) is 63.6 Å². The molecule has 5 nitrogen and oxygen atoms in total. The number of aromatic nitrogens is 1. The zero-order valence-electron chi connectivity index (χ0n) is 14.1. The van der Waals surface area contributed by atoms with Crippen LogP contribution in [-0.2, 0) is 11.3 Å². The second-order valence-electron chi connectivity index (χ2n) is 5.72. The van der Waals surface area contributed by atoms with Gasteiger partial charge < -0.3 is 14.6 Å². The van der Waals surface area contributed by atoms with Gasteiger partial charge in [0.15, 0.2) is 5.43 Å². The number of aryl methyl sites for hydroxylation is 1. The molecule has 126 valence electrons. The summed E-state index contributed by atoms with van der Waals surface area (Å²) in [5.41, 5.74) is 2.57. The van der Waals surface area contributed by atoms with Crippen LogP contribution in [0.4, 0.5) is 0 Å². The van der Waals surface area contributed by atoms with Crippen molar-refractivity contribution < 1.29 is 14.4 Å². The van der Waals surface area contributed by atoms with Crippen molar-refractivity contribution >= 4 is 16.9 Å². The predicted molar refractivity (Wildman–Crippen MR) is 95.4 cm³/mol. The number of aromatic amines is 1. The summed E-state index contributed by atoms with van der Waals surface area (Å²) < 4.78 is 4.73. The number of hydrogen-bond donors (Lipinski definition) is 2. The molecule has 1 aromatic carbocycles. The maximum absolute atomic E-state index is 12.9. The lowest BCUT2D eigenvalue weighted by Gasteiger charge is -2.17. The number of hydrogen-bond acceptors (Lipinski definition) is 3. The van der Waals surface area contributed by atoms with Crippen molar-refractivity contribution in [1.82, 2.24) is 4.98 Å². The highest BCUT2D eigenvalue weighted by molar-refractivity contribution is 5.94. The third-order valence-corrected chi connectivity index (χ3v) is 4.03. The zero-order chi connectivity index (χ0) is 17.7. The molecule has 0 saturated heterocycles. The van der Waals surface area contributed by atoms with Gasteiger partial charge in [0, 0.05) is 16.6 Å². The third-order valence-electron chi connectivity index (χ3n) is 4.03. The molecule has 0 fully saturated rings. The van der Waals surface area contributed by atoms with Gasteiger partial charge in [0.25, 0.3) is 0 Å². The summed E-state index contributed by atoms with van der Waals surface area (Å²) >= 11 is 0. The first-order valence-corrected chi connectivity index (χ1v) is 7.81. The van der Waals surface area contributed by atoms with Gasteiger partial charge in [0.2, 0.25) is 0 Å². The Morgan fingerprint density at radius 3 is 2.54 bits per heavy atom. The van der Waals surface area contributed by atoms with Crippen LogP contribution in [0.3, 0.4) is 0 Å². The summed E-state index contributed by atoms with van der Waals surface area (Å²) in [4.78, 5) is 29.1. The molecule has 1 heterocycles. The minimum absolute atomic E-state index is 0.0578. The van der Waals surface area contributed by atoms with Crippen LogP contribution >= 0.6 is 0 Å². The van der Waals surface area contributed by atoms with Crippen molar-refractivity contribution in [2.75, 3.05) is 20.2 Å². The first-order chi connectivity index (χ1) is 11.5. The van der Waals surface area contributed by atoms with Crippen LogP contribution in [0.25, 0.3) is 10.9 Å². The predicted octanol–water partition coefficient (Wildman–Crippen LogP) is 1.38. The molecule has 0 aliphatic carbocycles. The number of quaternary nitrogens is 1. The number of H-pyrrole nitrogens is 1. The molecule has 1 aromatic heterocycles. The van der Waals surface area contributed by atoms with Gasteiger partial charge in [0.1, 0.15) is 6.54 Å². The fourth-order valence-corrected chi connectivity index (χ4v) is 2.80. The van der Waals surface area contributed by atoms with E-state index >= 15 is 0 Å². The average Bonchev–Trinajstić information content (AvgIpc) is 2.58. The molecule has 5 heteroatoms. The molecule has 0 unspecified atom stereocenters. The lowest BCUT2D eigenvalue weighted by Crippen LogP contribution is -3.10. The summed E-state index contributed by atoms with van der Waals surface area (Å²) in [5, 5.41) is 0.495. The lowest BCUT2D eigenvalue weighted by atomic mass is 10.1. The molecule has 0 aliphatic rings. The van der Waals surface area contributed by atoms with Gasteiger partial charge in [-0.15, -0.1) is 0 Å². The van der Waals surface area contributed by atoms with Crippen molar-refractivity contribution in [3.63, 3.8) is 0 Å². The number of methoxy groups -OCH3 is 1.